The van der Waals surface area contributed by atoms with Gasteiger partial charge in [0.15, 0.2) is 5.11 Å². The number of aromatic nitrogens is 1. The van der Waals surface area contributed by atoms with Gasteiger partial charge in [0.25, 0.3) is 0 Å². The van der Waals surface area contributed by atoms with Gasteiger partial charge >= 0.3 is 5.97 Å². The van der Waals surface area contributed by atoms with Gasteiger partial charge in [0.05, 0.1) is 12.2 Å². The Hall–Kier alpha value is -1.99. The zero-order chi connectivity index (χ0) is 18.5. The fourth-order valence-electron chi connectivity index (χ4n) is 3.04. The molecule has 0 radical (unpaired) electrons. The van der Waals surface area contributed by atoms with Crippen molar-refractivity contribution in [1.82, 2.24) is 4.98 Å². The number of pyridine rings is 1. The minimum absolute atomic E-state index is 0.273. The number of thiophene rings is 1. The molecule has 2 N–H and O–H groups in total. The third kappa shape index (κ3) is 4.40. The maximum atomic E-state index is 12.6. The Balaban J connectivity index is 1.82. The summed E-state index contributed by atoms with van der Waals surface area (Å²) in [7, 11) is 0. The highest BCUT2D eigenvalue weighted by molar-refractivity contribution is 7.80. The van der Waals surface area contributed by atoms with Crippen molar-refractivity contribution in [2.45, 2.75) is 46.0 Å². The molecule has 3 rings (SSSR count). The number of hydrogen-bond acceptors (Lipinski definition) is 5. The second-order valence-electron chi connectivity index (χ2n) is 6.29. The Morgan fingerprint density at radius 2 is 2.08 bits per heavy atom. The lowest BCUT2D eigenvalue weighted by molar-refractivity contribution is 0.0527. The largest absolute Gasteiger partial charge is 0.462 e. The maximum absolute atomic E-state index is 12.6. The summed E-state index contributed by atoms with van der Waals surface area (Å²) in [4.78, 5) is 18.1. The molecule has 0 spiro atoms. The predicted molar refractivity (Wildman–Crippen MR) is 110 cm³/mol. The molecule has 2 aromatic rings. The van der Waals surface area contributed by atoms with Crippen LogP contribution in [0.1, 0.15) is 52.5 Å². The van der Waals surface area contributed by atoms with Crippen LogP contribution in [0.15, 0.2) is 18.3 Å². The summed E-state index contributed by atoms with van der Waals surface area (Å²) in [6.45, 7) is 4.17. The molecule has 7 heteroatoms. The van der Waals surface area contributed by atoms with Crippen LogP contribution in [0, 0.1) is 6.92 Å². The number of fused-ring (bicyclic) bond motifs is 1. The summed E-state index contributed by atoms with van der Waals surface area (Å²) in [5.74, 6) is 0.398. The molecule has 0 fully saturated rings. The van der Waals surface area contributed by atoms with Crippen molar-refractivity contribution in [3.8, 4) is 0 Å². The van der Waals surface area contributed by atoms with E-state index in [0.29, 0.717) is 23.1 Å². The second-order valence-corrected chi connectivity index (χ2v) is 7.80. The maximum Gasteiger partial charge on any atom is 0.341 e. The quantitative estimate of drug-likeness (QED) is 0.449. The third-order valence-corrected chi connectivity index (χ3v) is 5.69. The summed E-state index contributed by atoms with van der Waals surface area (Å²) < 4.78 is 5.30. The molecule has 138 valence electrons. The SMILES string of the molecule is CCOC(=O)c1c(NC(=S)Nc2ccc(C)cn2)sc2c1CCCCC2. The fourth-order valence-corrected chi connectivity index (χ4v) is 4.60. The number of esters is 1. The molecule has 2 heterocycles. The average molecular weight is 390 g/mol. The van der Waals surface area contributed by atoms with Crippen molar-refractivity contribution >= 4 is 45.5 Å². The molecule has 2 aromatic heterocycles. The van der Waals surface area contributed by atoms with Gasteiger partial charge in [-0.05, 0) is 68.9 Å². The van der Waals surface area contributed by atoms with Gasteiger partial charge in [0.1, 0.15) is 10.8 Å². The van der Waals surface area contributed by atoms with E-state index in [1.807, 2.05) is 26.0 Å². The van der Waals surface area contributed by atoms with Gasteiger partial charge < -0.3 is 15.4 Å². The molecule has 0 atom stereocenters. The summed E-state index contributed by atoms with van der Waals surface area (Å²) in [6.07, 6.45) is 7.17. The first-order valence-electron chi connectivity index (χ1n) is 8.90. The zero-order valence-electron chi connectivity index (χ0n) is 15.1. The van der Waals surface area contributed by atoms with Gasteiger partial charge in [-0.15, -0.1) is 11.3 Å². The molecule has 0 bridgehead atoms. The van der Waals surface area contributed by atoms with Crippen LogP contribution < -0.4 is 10.6 Å². The van der Waals surface area contributed by atoms with Crippen LogP contribution in [0.3, 0.4) is 0 Å². The van der Waals surface area contributed by atoms with Crippen molar-refractivity contribution in [3.63, 3.8) is 0 Å². The van der Waals surface area contributed by atoms with Crippen LogP contribution in [0.2, 0.25) is 0 Å². The van der Waals surface area contributed by atoms with Crippen LogP contribution in [-0.4, -0.2) is 22.7 Å². The van der Waals surface area contributed by atoms with E-state index >= 15 is 0 Å². The first-order valence-corrected chi connectivity index (χ1v) is 10.1. The van der Waals surface area contributed by atoms with Crippen LogP contribution in [-0.2, 0) is 17.6 Å². The lowest BCUT2D eigenvalue weighted by Gasteiger charge is -2.11. The summed E-state index contributed by atoms with van der Waals surface area (Å²) in [6, 6.07) is 3.84. The normalized spacial score (nSPS) is 13.5. The fraction of sp³-hybridized carbons (Fsp3) is 0.421. The highest BCUT2D eigenvalue weighted by atomic mass is 32.1. The number of hydrogen-bond donors (Lipinski definition) is 2. The molecule has 0 aromatic carbocycles. The standard InChI is InChI=1S/C19H23N3O2S2/c1-3-24-18(23)16-13-7-5-4-6-8-14(13)26-17(16)22-19(25)21-15-10-9-12(2)11-20-15/h9-11H,3-8H2,1-2H3,(H2,20,21,22,25). The molecule has 0 amide bonds. The molecule has 0 aliphatic heterocycles. The number of rotatable bonds is 4. The molecule has 26 heavy (non-hydrogen) atoms. The van der Waals surface area contributed by atoms with E-state index in [4.69, 9.17) is 17.0 Å². The predicted octanol–water partition coefficient (Wildman–Crippen LogP) is 4.71. The third-order valence-electron chi connectivity index (χ3n) is 4.28. The number of ether oxygens (including phenoxy) is 1. The summed E-state index contributed by atoms with van der Waals surface area (Å²) in [5.41, 5.74) is 2.86. The molecule has 0 unspecified atom stereocenters. The van der Waals surface area contributed by atoms with Crippen LogP contribution >= 0.6 is 23.6 Å². The second kappa shape index (κ2) is 8.60. The number of anilines is 2. The highest BCUT2D eigenvalue weighted by Gasteiger charge is 2.26. The number of aryl methyl sites for hydroxylation is 2. The van der Waals surface area contributed by atoms with Crippen molar-refractivity contribution in [3.05, 3.63) is 39.9 Å². The van der Waals surface area contributed by atoms with Gasteiger partial charge in [0.2, 0.25) is 0 Å². The number of thiocarbonyl (C=S) groups is 1. The van der Waals surface area contributed by atoms with Crippen LogP contribution in [0.4, 0.5) is 10.8 Å². The van der Waals surface area contributed by atoms with E-state index in [2.05, 4.69) is 15.6 Å². The summed E-state index contributed by atoms with van der Waals surface area (Å²) >= 11 is 7.03. The Morgan fingerprint density at radius 1 is 1.27 bits per heavy atom. The zero-order valence-corrected chi connectivity index (χ0v) is 16.7. The van der Waals surface area contributed by atoms with Crippen LogP contribution in [0.25, 0.3) is 0 Å². The molecule has 0 saturated carbocycles. The Labute approximate surface area is 163 Å². The van der Waals surface area contributed by atoms with Crippen molar-refractivity contribution < 1.29 is 9.53 Å². The van der Waals surface area contributed by atoms with E-state index < -0.39 is 0 Å². The number of nitrogens with zero attached hydrogens (tertiary/aromatic N) is 1. The smallest absolute Gasteiger partial charge is 0.341 e. The molecule has 0 saturated heterocycles. The Kier molecular flexibility index (Phi) is 6.21. The molecular weight excluding hydrogens is 366 g/mol. The van der Waals surface area contributed by atoms with E-state index in [1.54, 1.807) is 17.5 Å². The molecular formula is C19H23N3O2S2. The van der Waals surface area contributed by atoms with E-state index in [1.165, 1.54) is 11.3 Å². The van der Waals surface area contributed by atoms with E-state index in [-0.39, 0.29) is 5.97 Å². The lowest BCUT2D eigenvalue weighted by atomic mass is 10.1. The van der Waals surface area contributed by atoms with Gasteiger partial charge in [-0.3, -0.25) is 0 Å². The molecule has 5 nitrogen and oxygen atoms in total. The minimum Gasteiger partial charge on any atom is -0.462 e. The highest BCUT2D eigenvalue weighted by Crippen LogP contribution is 2.38. The van der Waals surface area contributed by atoms with Crippen LogP contribution in [0.5, 0.6) is 0 Å². The van der Waals surface area contributed by atoms with Gasteiger partial charge in [-0.1, -0.05) is 12.5 Å². The monoisotopic (exact) mass is 389 g/mol. The first-order chi connectivity index (χ1) is 12.6. The van der Waals surface area contributed by atoms with Gasteiger partial charge in [0, 0.05) is 11.1 Å². The van der Waals surface area contributed by atoms with Gasteiger partial charge in [-0.25, -0.2) is 9.78 Å². The molecule has 1 aliphatic carbocycles. The minimum atomic E-state index is -0.273. The van der Waals surface area contributed by atoms with Crippen molar-refractivity contribution in [1.29, 1.82) is 0 Å². The van der Waals surface area contributed by atoms with Crippen molar-refractivity contribution in [2.75, 3.05) is 17.2 Å². The average Bonchev–Trinajstić information content (AvgIpc) is 2.78. The molecule has 1 aliphatic rings. The number of carbonyl (C=O) groups is 1. The Morgan fingerprint density at radius 3 is 2.81 bits per heavy atom. The summed E-state index contributed by atoms with van der Waals surface area (Å²) in [5, 5.41) is 7.44. The van der Waals surface area contributed by atoms with E-state index in [9.17, 15) is 4.79 Å². The topological polar surface area (TPSA) is 63.2 Å². The van der Waals surface area contributed by atoms with Crippen molar-refractivity contribution in [2.24, 2.45) is 0 Å². The number of nitrogens with one attached hydrogen (secondary N) is 2. The lowest BCUT2D eigenvalue weighted by Crippen LogP contribution is -2.21. The number of carbonyl (C=O) groups excluding carboxylic acids is 1. The van der Waals surface area contributed by atoms with E-state index in [0.717, 1.165) is 41.8 Å². The Bertz CT molecular complexity index is 800. The van der Waals surface area contributed by atoms with Gasteiger partial charge in [-0.2, -0.15) is 0 Å². The first kappa shape index (κ1) is 18.8.